The number of carbonyl (C=O) groups excluding carboxylic acids is 1. The lowest BCUT2D eigenvalue weighted by molar-refractivity contribution is 0.102. The fraction of sp³-hybridized carbons (Fsp3) is 0.214. The third-order valence-corrected chi connectivity index (χ3v) is 6.30. The molecule has 0 aliphatic carbocycles. The number of fused-ring (bicyclic) bond motifs is 1. The monoisotopic (exact) mass is 469 g/mol. The minimum atomic E-state index is -0.222. The van der Waals surface area contributed by atoms with Crippen LogP contribution in [0.5, 0.6) is 11.5 Å². The molecule has 1 amide bonds. The number of aryl methyl sites for hydroxylation is 2. The Morgan fingerprint density at radius 2 is 1.86 bits per heavy atom. The van der Waals surface area contributed by atoms with Crippen molar-refractivity contribution in [3.8, 4) is 11.5 Å². The van der Waals surface area contributed by atoms with Gasteiger partial charge in [-0.25, -0.2) is 0 Å². The first-order chi connectivity index (χ1) is 17.0. The van der Waals surface area contributed by atoms with E-state index in [-0.39, 0.29) is 5.91 Å². The van der Waals surface area contributed by atoms with Gasteiger partial charge in [0.1, 0.15) is 12.4 Å². The molecule has 0 saturated carbocycles. The van der Waals surface area contributed by atoms with Crippen LogP contribution in [-0.4, -0.2) is 24.7 Å². The lowest BCUT2D eigenvalue weighted by atomic mass is 10.1. The van der Waals surface area contributed by atoms with E-state index in [4.69, 9.17) is 14.0 Å². The first-order valence-electron chi connectivity index (χ1n) is 11.5. The lowest BCUT2D eigenvalue weighted by Crippen LogP contribution is -2.14. The third kappa shape index (κ3) is 4.57. The van der Waals surface area contributed by atoms with E-state index >= 15 is 0 Å². The summed E-state index contributed by atoms with van der Waals surface area (Å²) in [6.07, 6.45) is 1.04. The van der Waals surface area contributed by atoms with Gasteiger partial charge in [-0.3, -0.25) is 4.79 Å². The van der Waals surface area contributed by atoms with Crippen molar-refractivity contribution in [3.63, 3.8) is 0 Å². The van der Waals surface area contributed by atoms with E-state index < -0.39 is 0 Å². The number of ether oxygens (including phenoxy) is 2. The fourth-order valence-corrected chi connectivity index (χ4v) is 4.32. The molecule has 0 fully saturated rings. The predicted octanol–water partition coefficient (Wildman–Crippen LogP) is 5.83. The molecule has 0 spiro atoms. The normalized spacial score (nSPS) is 12.4. The van der Waals surface area contributed by atoms with Crippen LogP contribution in [0.15, 0.2) is 71.3 Å². The van der Waals surface area contributed by atoms with E-state index in [1.807, 2.05) is 38.1 Å². The van der Waals surface area contributed by atoms with Crippen molar-refractivity contribution >= 4 is 23.0 Å². The minimum Gasteiger partial charge on any atom is -0.493 e. The van der Waals surface area contributed by atoms with Crippen LogP contribution in [-0.2, 0) is 13.0 Å². The summed E-state index contributed by atoms with van der Waals surface area (Å²) in [7, 11) is 1.55. The third-order valence-electron chi connectivity index (χ3n) is 6.30. The molecule has 1 aromatic heterocycles. The Kier molecular flexibility index (Phi) is 6.14. The molecule has 0 saturated heterocycles. The van der Waals surface area contributed by atoms with E-state index in [1.54, 1.807) is 25.3 Å². The molecule has 2 heterocycles. The van der Waals surface area contributed by atoms with Gasteiger partial charge in [0.15, 0.2) is 11.5 Å². The minimum absolute atomic E-state index is 0.222. The number of aromatic nitrogens is 1. The molecule has 0 unspecified atom stereocenters. The molecule has 7 nitrogen and oxygen atoms in total. The zero-order valence-corrected chi connectivity index (χ0v) is 20.0. The van der Waals surface area contributed by atoms with Crippen LogP contribution in [0.4, 0.5) is 17.1 Å². The van der Waals surface area contributed by atoms with Crippen LogP contribution < -0.4 is 19.7 Å². The standard InChI is InChI=1S/C28H27N3O4/c1-18-24(19(2)35-30-18)17-34-26-13-8-21(16-27(26)33-3)28(32)29-22-9-11-23(12-10-22)31-15-14-20-6-4-5-7-25(20)31/h4-13,16H,14-15,17H2,1-3H3,(H,29,32). The zero-order valence-electron chi connectivity index (χ0n) is 20.0. The maximum absolute atomic E-state index is 12.9. The second kappa shape index (κ2) is 9.54. The van der Waals surface area contributed by atoms with Crippen LogP contribution in [0.1, 0.15) is 32.9 Å². The molecular weight excluding hydrogens is 442 g/mol. The van der Waals surface area contributed by atoms with Crippen molar-refractivity contribution in [1.29, 1.82) is 0 Å². The fourth-order valence-electron chi connectivity index (χ4n) is 4.32. The number of hydrogen-bond donors (Lipinski definition) is 1. The quantitative estimate of drug-likeness (QED) is 0.367. The van der Waals surface area contributed by atoms with Gasteiger partial charge in [0.05, 0.1) is 18.4 Å². The molecule has 0 radical (unpaired) electrons. The summed E-state index contributed by atoms with van der Waals surface area (Å²) in [5.74, 6) is 1.52. The van der Waals surface area contributed by atoms with Crippen LogP contribution in [0.3, 0.4) is 0 Å². The van der Waals surface area contributed by atoms with Gasteiger partial charge in [-0.15, -0.1) is 0 Å². The number of rotatable bonds is 7. The van der Waals surface area contributed by atoms with Gasteiger partial charge in [-0.05, 0) is 74.4 Å². The Morgan fingerprint density at radius 3 is 2.60 bits per heavy atom. The summed E-state index contributed by atoms with van der Waals surface area (Å²) in [6, 6.07) is 21.5. The number of nitrogens with zero attached hydrogens (tertiary/aromatic N) is 2. The number of nitrogens with one attached hydrogen (secondary N) is 1. The van der Waals surface area contributed by atoms with E-state index in [2.05, 4.69) is 39.6 Å². The highest BCUT2D eigenvalue weighted by molar-refractivity contribution is 6.04. The molecule has 0 bridgehead atoms. The van der Waals surface area contributed by atoms with Crippen LogP contribution in [0, 0.1) is 13.8 Å². The highest BCUT2D eigenvalue weighted by atomic mass is 16.5. The molecule has 0 atom stereocenters. The van der Waals surface area contributed by atoms with Crippen molar-refractivity contribution in [3.05, 3.63) is 94.9 Å². The van der Waals surface area contributed by atoms with E-state index in [0.717, 1.165) is 41.4 Å². The Hall–Kier alpha value is -4.26. The van der Waals surface area contributed by atoms with Gasteiger partial charge in [0.2, 0.25) is 0 Å². The Balaban J connectivity index is 1.26. The maximum atomic E-state index is 12.9. The smallest absolute Gasteiger partial charge is 0.255 e. The zero-order chi connectivity index (χ0) is 24.4. The molecule has 35 heavy (non-hydrogen) atoms. The number of amides is 1. The molecule has 1 aliphatic heterocycles. The van der Waals surface area contributed by atoms with Crippen molar-refractivity contribution < 1.29 is 18.8 Å². The highest BCUT2D eigenvalue weighted by Gasteiger charge is 2.20. The molecule has 4 aromatic rings. The average molecular weight is 470 g/mol. The van der Waals surface area contributed by atoms with Gasteiger partial charge >= 0.3 is 0 Å². The van der Waals surface area contributed by atoms with Crippen LogP contribution >= 0.6 is 0 Å². The van der Waals surface area contributed by atoms with Crippen molar-refractivity contribution in [2.45, 2.75) is 26.9 Å². The first-order valence-corrected chi connectivity index (χ1v) is 11.5. The molecule has 5 rings (SSSR count). The Morgan fingerprint density at radius 1 is 1.06 bits per heavy atom. The van der Waals surface area contributed by atoms with E-state index in [1.165, 1.54) is 11.3 Å². The number of hydrogen-bond acceptors (Lipinski definition) is 6. The molecule has 178 valence electrons. The summed E-state index contributed by atoms with van der Waals surface area (Å²) >= 11 is 0. The van der Waals surface area contributed by atoms with Crippen LogP contribution in [0.25, 0.3) is 0 Å². The Labute approximate surface area is 204 Å². The number of benzene rings is 3. The summed E-state index contributed by atoms with van der Waals surface area (Å²) < 4.78 is 16.6. The van der Waals surface area contributed by atoms with Crippen LogP contribution in [0.2, 0.25) is 0 Å². The van der Waals surface area contributed by atoms with Gasteiger partial charge in [0, 0.05) is 29.2 Å². The van der Waals surface area contributed by atoms with Gasteiger partial charge in [-0.1, -0.05) is 23.4 Å². The highest BCUT2D eigenvalue weighted by Crippen LogP contribution is 2.35. The molecule has 1 N–H and O–H groups in total. The van der Waals surface area contributed by atoms with E-state index in [0.29, 0.717) is 23.7 Å². The second-order valence-electron chi connectivity index (χ2n) is 8.49. The molecule has 1 aliphatic rings. The average Bonchev–Trinajstić information content (AvgIpc) is 3.46. The Bertz CT molecular complexity index is 1340. The largest absolute Gasteiger partial charge is 0.493 e. The predicted molar refractivity (Wildman–Crippen MR) is 135 cm³/mol. The first kappa shape index (κ1) is 22.5. The number of para-hydroxylation sites is 1. The molecular formula is C28H27N3O4. The topological polar surface area (TPSA) is 76.8 Å². The molecule has 3 aromatic carbocycles. The van der Waals surface area contributed by atoms with Gasteiger partial charge < -0.3 is 24.2 Å². The maximum Gasteiger partial charge on any atom is 0.255 e. The summed E-state index contributed by atoms with van der Waals surface area (Å²) in [5.41, 5.74) is 6.60. The number of methoxy groups -OCH3 is 1. The SMILES string of the molecule is COc1cc(C(=O)Nc2ccc(N3CCc4ccccc43)cc2)ccc1OCc1c(C)noc1C. The van der Waals surface area contributed by atoms with Crippen molar-refractivity contribution in [2.75, 3.05) is 23.9 Å². The van der Waals surface area contributed by atoms with Crippen molar-refractivity contribution in [2.24, 2.45) is 0 Å². The van der Waals surface area contributed by atoms with Crippen molar-refractivity contribution in [1.82, 2.24) is 5.16 Å². The summed E-state index contributed by atoms with van der Waals surface area (Å²) in [6.45, 7) is 4.97. The number of carbonyl (C=O) groups is 1. The van der Waals surface area contributed by atoms with Gasteiger partial charge in [-0.2, -0.15) is 0 Å². The number of anilines is 3. The molecule has 7 heteroatoms. The van der Waals surface area contributed by atoms with Gasteiger partial charge in [0.25, 0.3) is 5.91 Å². The second-order valence-corrected chi connectivity index (χ2v) is 8.49. The summed E-state index contributed by atoms with van der Waals surface area (Å²) in [5, 5.41) is 6.90. The summed E-state index contributed by atoms with van der Waals surface area (Å²) in [4.78, 5) is 15.2. The lowest BCUT2D eigenvalue weighted by Gasteiger charge is -2.20. The van der Waals surface area contributed by atoms with E-state index in [9.17, 15) is 4.79 Å².